The average Bonchev–Trinajstić information content (AvgIpc) is 3.32. The number of nitrogens with two attached hydrogens (primary N) is 1. The number of alkyl halides is 3. The lowest BCUT2D eigenvalue weighted by Gasteiger charge is -2.29. The SMILES string of the molecule is NC(=O)c1sc(C2=NOC(c3cc(Cl)c(F)c(Cl)c3)(C(F)(F)F)C2)c2c1CCC2. The van der Waals surface area contributed by atoms with Crippen LogP contribution in [0.25, 0.3) is 0 Å². The Morgan fingerprint density at radius 3 is 2.41 bits per heavy atom. The van der Waals surface area contributed by atoms with Crippen LogP contribution in [-0.2, 0) is 23.3 Å². The van der Waals surface area contributed by atoms with Crippen LogP contribution in [0.4, 0.5) is 17.6 Å². The molecule has 1 aromatic carbocycles. The van der Waals surface area contributed by atoms with E-state index in [1.54, 1.807) is 0 Å². The number of hydrogen-bond acceptors (Lipinski definition) is 4. The molecule has 29 heavy (non-hydrogen) atoms. The molecule has 2 heterocycles. The fourth-order valence-electron chi connectivity index (χ4n) is 3.72. The van der Waals surface area contributed by atoms with Gasteiger partial charge in [0.15, 0.2) is 5.82 Å². The number of rotatable bonds is 3. The van der Waals surface area contributed by atoms with Gasteiger partial charge in [-0.3, -0.25) is 4.79 Å². The molecule has 11 heteroatoms. The van der Waals surface area contributed by atoms with Gasteiger partial charge in [-0.1, -0.05) is 28.4 Å². The Labute approximate surface area is 176 Å². The predicted molar refractivity (Wildman–Crippen MR) is 101 cm³/mol. The topological polar surface area (TPSA) is 64.7 Å². The zero-order valence-electron chi connectivity index (χ0n) is 14.5. The second-order valence-electron chi connectivity index (χ2n) is 6.82. The molecule has 0 spiro atoms. The Hall–Kier alpha value is -1.84. The van der Waals surface area contributed by atoms with Crippen molar-refractivity contribution in [1.29, 1.82) is 0 Å². The second kappa shape index (κ2) is 6.85. The highest BCUT2D eigenvalue weighted by Gasteiger charge is 2.63. The van der Waals surface area contributed by atoms with E-state index in [-0.39, 0.29) is 5.71 Å². The summed E-state index contributed by atoms with van der Waals surface area (Å²) < 4.78 is 56.1. The molecular weight excluding hydrogens is 455 g/mol. The number of halogens is 6. The van der Waals surface area contributed by atoms with E-state index in [1.807, 2.05) is 0 Å². The largest absolute Gasteiger partial charge is 0.435 e. The molecule has 1 unspecified atom stereocenters. The van der Waals surface area contributed by atoms with Crippen LogP contribution in [0.15, 0.2) is 17.3 Å². The van der Waals surface area contributed by atoms with Gasteiger partial charge in [0, 0.05) is 5.56 Å². The Bertz CT molecular complexity index is 1040. The summed E-state index contributed by atoms with van der Waals surface area (Å²) in [4.78, 5) is 17.5. The molecule has 0 saturated heterocycles. The minimum atomic E-state index is -4.89. The maximum atomic E-state index is 14.1. The standard InChI is InChI=1S/C18H12Cl2F4N2O2S/c19-10-4-7(5-11(20)13(10)21)17(18(22,23)24)6-12(26-28-17)14-8-2-1-3-9(8)15(29-14)16(25)27/h4-5H,1-3,6H2,(H2,25,27). The molecular formula is C18H12Cl2F4N2O2S. The first-order valence-electron chi connectivity index (χ1n) is 8.46. The number of carbonyl (C=O) groups is 1. The lowest BCUT2D eigenvalue weighted by molar-refractivity contribution is -0.275. The van der Waals surface area contributed by atoms with Gasteiger partial charge in [-0.15, -0.1) is 11.3 Å². The van der Waals surface area contributed by atoms with Gasteiger partial charge in [-0.05, 0) is 42.5 Å². The zero-order valence-corrected chi connectivity index (χ0v) is 16.8. The number of primary amides is 1. The third-order valence-corrected chi connectivity index (χ3v) is 6.98. The summed E-state index contributed by atoms with van der Waals surface area (Å²) >= 11 is 12.4. The van der Waals surface area contributed by atoms with Crippen molar-refractivity contribution in [3.05, 3.63) is 54.4 Å². The molecule has 4 rings (SSSR count). The van der Waals surface area contributed by atoms with Crippen LogP contribution < -0.4 is 5.73 Å². The first kappa shape index (κ1) is 20.4. The Balaban J connectivity index is 1.79. The predicted octanol–water partition coefficient (Wildman–Crippen LogP) is 5.36. The molecule has 154 valence electrons. The number of nitrogens with zero attached hydrogens (tertiary/aromatic N) is 1. The maximum Gasteiger partial charge on any atom is 0.435 e. The van der Waals surface area contributed by atoms with Crippen LogP contribution in [0.3, 0.4) is 0 Å². The van der Waals surface area contributed by atoms with Gasteiger partial charge in [-0.25, -0.2) is 4.39 Å². The van der Waals surface area contributed by atoms with Crippen molar-refractivity contribution < 1.29 is 27.2 Å². The quantitative estimate of drug-likeness (QED) is 0.488. The molecule has 1 atom stereocenters. The van der Waals surface area contributed by atoms with E-state index in [1.165, 1.54) is 0 Å². The summed E-state index contributed by atoms with van der Waals surface area (Å²) in [7, 11) is 0. The van der Waals surface area contributed by atoms with Gasteiger partial charge in [0.25, 0.3) is 11.5 Å². The Kier molecular flexibility index (Phi) is 4.83. The van der Waals surface area contributed by atoms with Gasteiger partial charge in [0.2, 0.25) is 0 Å². The van der Waals surface area contributed by atoms with Crippen LogP contribution in [0, 0.1) is 5.82 Å². The van der Waals surface area contributed by atoms with Crippen molar-refractivity contribution in [2.24, 2.45) is 10.9 Å². The van der Waals surface area contributed by atoms with Crippen molar-refractivity contribution >= 4 is 46.2 Å². The summed E-state index contributed by atoms with van der Waals surface area (Å²) in [6.07, 6.45) is -3.55. The van der Waals surface area contributed by atoms with E-state index in [9.17, 15) is 22.4 Å². The van der Waals surface area contributed by atoms with Crippen molar-refractivity contribution in [2.45, 2.75) is 37.5 Å². The van der Waals surface area contributed by atoms with Gasteiger partial charge in [0.1, 0.15) is 5.71 Å². The molecule has 2 N–H and O–H groups in total. The summed E-state index contributed by atoms with van der Waals surface area (Å²) in [6, 6.07) is 1.67. The number of benzene rings is 1. The maximum absolute atomic E-state index is 14.1. The second-order valence-corrected chi connectivity index (χ2v) is 8.65. The van der Waals surface area contributed by atoms with E-state index in [4.69, 9.17) is 33.8 Å². The van der Waals surface area contributed by atoms with Gasteiger partial charge >= 0.3 is 6.18 Å². The third-order valence-electron chi connectivity index (χ3n) is 5.09. The minimum Gasteiger partial charge on any atom is -0.374 e. The molecule has 1 aliphatic heterocycles. The lowest BCUT2D eigenvalue weighted by Crippen LogP contribution is -2.42. The van der Waals surface area contributed by atoms with Crippen LogP contribution in [0.5, 0.6) is 0 Å². The Morgan fingerprint density at radius 1 is 1.21 bits per heavy atom. The van der Waals surface area contributed by atoms with E-state index < -0.39 is 45.5 Å². The third kappa shape index (κ3) is 3.10. The molecule has 2 aromatic rings. The summed E-state index contributed by atoms with van der Waals surface area (Å²) in [6.45, 7) is 0. The Morgan fingerprint density at radius 2 is 1.83 bits per heavy atom. The monoisotopic (exact) mass is 466 g/mol. The molecule has 0 radical (unpaired) electrons. The van der Waals surface area contributed by atoms with Crippen LogP contribution >= 0.6 is 34.5 Å². The lowest BCUT2D eigenvalue weighted by atomic mass is 9.87. The minimum absolute atomic E-state index is 0.0505. The highest BCUT2D eigenvalue weighted by molar-refractivity contribution is 7.16. The molecule has 1 amide bonds. The van der Waals surface area contributed by atoms with Crippen molar-refractivity contribution in [3.63, 3.8) is 0 Å². The molecule has 4 nitrogen and oxygen atoms in total. The highest BCUT2D eigenvalue weighted by Crippen LogP contribution is 2.51. The molecule has 2 aliphatic rings. The number of hydrogen-bond donors (Lipinski definition) is 1. The molecule has 0 bridgehead atoms. The van der Waals surface area contributed by atoms with E-state index in [0.717, 1.165) is 41.0 Å². The van der Waals surface area contributed by atoms with Crippen molar-refractivity contribution in [3.8, 4) is 0 Å². The average molecular weight is 467 g/mol. The van der Waals surface area contributed by atoms with E-state index in [0.29, 0.717) is 22.6 Å². The van der Waals surface area contributed by atoms with Crippen LogP contribution in [0.2, 0.25) is 10.0 Å². The molecule has 1 aromatic heterocycles. The molecule has 0 saturated carbocycles. The number of oxime groups is 1. The van der Waals surface area contributed by atoms with Gasteiger partial charge in [-0.2, -0.15) is 13.2 Å². The normalized spacial score (nSPS) is 21.1. The van der Waals surface area contributed by atoms with Crippen LogP contribution in [0.1, 0.15) is 44.1 Å². The van der Waals surface area contributed by atoms with E-state index in [2.05, 4.69) is 5.16 Å². The van der Waals surface area contributed by atoms with Crippen LogP contribution in [-0.4, -0.2) is 17.8 Å². The fraction of sp³-hybridized carbons (Fsp3) is 0.333. The summed E-state index contributed by atoms with van der Waals surface area (Å²) in [5.41, 5.74) is 3.68. The fourth-order valence-corrected chi connectivity index (χ4v) is 5.43. The molecule has 1 aliphatic carbocycles. The number of carbonyl (C=O) groups excluding carboxylic acids is 1. The van der Waals surface area contributed by atoms with Crippen molar-refractivity contribution in [2.75, 3.05) is 0 Å². The highest BCUT2D eigenvalue weighted by atomic mass is 35.5. The number of amides is 1. The van der Waals surface area contributed by atoms with Crippen molar-refractivity contribution in [1.82, 2.24) is 0 Å². The van der Waals surface area contributed by atoms with E-state index >= 15 is 0 Å². The van der Waals surface area contributed by atoms with Gasteiger partial charge in [0.05, 0.1) is 26.2 Å². The summed E-state index contributed by atoms with van der Waals surface area (Å²) in [5.74, 6) is -1.64. The molecule has 0 fully saturated rings. The van der Waals surface area contributed by atoms with Gasteiger partial charge < -0.3 is 10.6 Å². The zero-order chi connectivity index (χ0) is 21.1. The first-order chi connectivity index (χ1) is 13.5. The number of thiophene rings is 1. The first-order valence-corrected chi connectivity index (χ1v) is 10.0. The summed E-state index contributed by atoms with van der Waals surface area (Å²) in [5, 5.41) is 2.60. The smallest absolute Gasteiger partial charge is 0.374 e. The number of fused-ring (bicyclic) bond motifs is 1.